The monoisotopic (exact) mass is 301 g/mol. The van der Waals surface area contributed by atoms with Gasteiger partial charge >= 0.3 is 5.97 Å². The van der Waals surface area contributed by atoms with Crippen molar-refractivity contribution in [2.24, 2.45) is 0 Å². The third-order valence-electron chi connectivity index (χ3n) is 2.47. The van der Waals surface area contributed by atoms with E-state index in [0.29, 0.717) is 6.42 Å². The van der Waals surface area contributed by atoms with Gasteiger partial charge in [-0.3, -0.25) is 4.79 Å². The number of halogens is 1. The quantitative estimate of drug-likeness (QED) is 0.453. The Morgan fingerprint density at radius 3 is 2.63 bits per heavy atom. The number of rotatable bonds is 8. The molecule has 104 valence electrons. The van der Waals surface area contributed by atoms with Gasteiger partial charge in [0, 0.05) is 0 Å². The standard InChI is InChI=1S/C13H16ClNO3S/c1-19-8-7-11(15-14)12(16)13(17)18-9-10-5-3-2-4-6-10/h2-6,11,15H,7-9H2,1H3/t11-/m0/s1. The van der Waals surface area contributed by atoms with Crippen molar-refractivity contribution in [2.75, 3.05) is 12.0 Å². The van der Waals surface area contributed by atoms with E-state index < -0.39 is 17.8 Å². The summed E-state index contributed by atoms with van der Waals surface area (Å²) in [7, 11) is 0. The van der Waals surface area contributed by atoms with E-state index in [0.717, 1.165) is 11.3 Å². The molecule has 0 aliphatic heterocycles. The topological polar surface area (TPSA) is 55.4 Å². The number of carbonyl (C=O) groups is 2. The number of esters is 1. The lowest BCUT2D eigenvalue weighted by molar-refractivity contribution is -0.155. The van der Waals surface area contributed by atoms with Gasteiger partial charge < -0.3 is 4.74 Å². The van der Waals surface area contributed by atoms with Gasteiger partial charge in [-0.1, -0.05) is 30.3 Å². The third-order valence-corrected chi connectivity index (χ3v) is 3.38. The summed E-state index contributed by atoms with van der Waals surface area (Å²) in [4.78, 5) is 25.7. The molecule has 1 rings (SSSR count). The van der Waals surface area contributed by atoms with Gasteiger partial charge in [0.05, 0.1) is 6.04 Å². The zero-order valence-electron chi connectivity index (χ0n) is 10.6. The van der Waals surface area contributed by atoms with Crippen molar-refractivity contribution in [1.82, 2.24) is 4.84 Å². The second-order valence-electron chi connectivity index (χ2n) is 3.87. The molecular formula is C13H16ClNO3S. The Bertz CT molecular complexity index is 414. The van der Waals surface area contributed by atoms with E-state index in [2.05, 4.69) is 4.84 Å². The number of benzene rings is 1. The summed E-state index contributed by atoms with van der Waals surface area (Å²) in [6, 6.07) is 8.49. The highest BCUT2D eigenvalue weighted by atomic mass is 35.5. The van der Waals surface area contributed by atoms with Crippen LogP contribution >= 0.6 is 23.5 Å². The predicted octanol–water partition coefficient (Wildman–Crippen LogP) is 2.16. The number of Topliss-reactive ketones (excluding diaryl/α,β-unsaturated/α-hetero) is 1. The highest BCUT2D eigenvalue weighted by molar-refractivity contribution is 7.98. The van der Waals surface area contributed by atoms with Crippen molar-refractivity contribution < 1.29 is 14.3 Å². The normalized spacial score (nSPS) is 11.9. The van der Waals surface area contributed by atoms with Crippen LogP contribution in [0.2, 0.25) is 0 Å². The first-order valence-electron chi connectivity index (χ1n) is 5.79. The van der Waals surface area contributed by atoms with E-state index in [4.69, 9.17) is 16.5 Å². The molecule has 0 aliphatic rings. The molecule has 1 aromatic rings. The number of ketones is 1. The fourth-order valence-electron chi connectivity index (χ4n) is 1.41. The number of thioether (sulfide) groups is 1. The molecular weight excluding hydrogens is 286 g/mol. The van der Waals surface area contributed by atoms with E-state index in [1.54, 1.807) is 11.8 Å². The Kier molecular flexibility index (Phi) is 7.55. The number of hydrogen-bond acceptors (Lipinski definition) is 5. The van der Waals surface area contributed by atoms with Gasteiger partial charge in [0.1, 0.15) is 6.61 Å². The number of carbonyl (C=O) groups excluding carboxylic acids is 2. The fraction of sp³-hybridized carbons (Fsp3) is 0.385. The average molecular weight is 302 g/mol. The van der Waals surface area contributed by atoms with Gasteiger partial charge in [0.15, 0.2) is 0 Å². The highest BCUT2D eigenvalue weighted by Gasteiger charge is 2.25. The number of nitrogens with one attached hydrogen (secondary N) is 1. The summed E-state index contributed by atoms with van der Waals surface area (Å²) >= 11 is 7.05. The maximum Gasteiger partial charge on any atom is 0.376 e. The molecule has 0 fully saturated rings. The van der Waals surface area contributed by atoms with Crippen molar-refractivity contribution in [1.29, 1.82) is 0 Å². The Morgan fingerprint density at radius 1 is 1.37 bits per heavy atom. The van der Waals surface area contributed by atoms with E-state index in [1.165, 1.54) is 0 Å². The highest BCUT2D eigenvalue weighted by Crippen LogP contribution is 2.06. The van der Waals surface area contributed by atoms with Crippen molar-refractivity contribution >= 4 is 35.3 Å². The first-order valence-corrected chi connectivity index (χ1v) is 7.56. The molecule has 0 spiro atoms. The van der Waals surface area contributed by atoms with Crippen LogP contribution in [0.1, 0.15) is 12.0 Å². The molecule has 0 radical (unpaired) electrons. The van der Waals surface area contributed by atoms with Crippen LogP contribution in [-0.4, -0.2) is 29.8 Å². The molecule has 0 unspecified atom stereocenters. The lowest BCUT2D eigenvalue weighted by Gasteiger charge is -2.12. The molecule has 0 amide bonds. The van der Waals surface area contributed by atoms with Gasteiger partial charge in [-0.2, -0.15) is 11.8 Å². The molecule has 0 saturated carbocycles. The first-order chi connectivity index (χ1) is 9.19. The van der Waals surface area contributed by atoms with Gasteiger partial charge in [-0.05, 0) is 35.8 Å². The Balaban J connectivity index is 2.45. The minimum absolute atomic E-state index is 0.0863. The summed E-state index contributed by atoms with van der Waals surface area (Å²) in [5, 5.41) is 0. The number of hydrogen-bond donors (Lipinski definition) is 1. The maximum absolute atomic E-state index is 11.8. The lowest BCUT2D eigenvalue weighted by atomic mass is 10.1. The minimum atomic E-state index is -0.858. The minimum Gasteiger partial charge on any atom is -0.455 e. The van der Waals surface area contributed by atoms with Crippen LogP contribution in [0, 0.1) is 0 Å². The van der Waals surface area contributed by atoms with Crippen LogP contribution in [0.15, 0.2) is 30.3 Å². The third kappa shape index (κ3) is 5.63. The molecule has 0 aliphatic carbocycles. The average Bonchev–Trinajstić information content (AvgIpc) is 2.46. The number of ether oxygens (including phenoxy) is 1. The molecule has 0 saturated heterocycles. The van der Waals surface area contributed by atoms with Crippen molar-refractivity contribution in [3.05, 3.63) is 35.9 Å². The SMILES string of the molecule is CSCC[C@H](NCl)C(=O)C(=O)OCc1ccccc1. The fourth-order valence-corrected chi connectivity index (χ4v) is 2.09. The molecule has 6 heteroatoms. The Morgan fingerprint density at radius 2 is 2.05 bits per heavy atom. The van der Waals surface area contributed by atoms with Gasteiger partial charge in [0.25, 0.3) is 5.78 Å². The predicted molar refractivity (Wildman–Crippen MR) is 77.0 cm³/mol. The smallest absolute Gasteiger partial charge is 0.376 e. The van der Waals surface area contributed by atoms with Crippen LogP contribution in [0.25, 0.3) is 0 Å². The van der Waals surface area contributed by atoms with Crippen LogP contribution in [0.4, 0.5) is 0 Å². The van der Waals surface area contributed by atoms with Gasteiger partial charge in [-0.25, -0.2) is 9.63 Å². The van der Waals surface area contributed by atoms with E-state index in [9.17, 15) is 9.59 Å². The Hall–Kier alpha value is -1.04. The molecule has 19 heavy (non-hydrogen) atoms. The molecule has 4 nitrogen and oxygen atoms in total. The second-order valence-corrected chi connectivity index (χ2v) is 5.07. The van der Waals surface area contributed by atoms with Crippen molar-refractivity contribution in [2.45, 2.75) is 19.1 Å². The molecule has 0 heterocycles. The zero-order chi connectivity index (χ0) is 14.1. The molecule has 1 atom stereocenters. The van der Waals surface area contributed by atoms with Crippen LogP contribution in [0.5, 0.6) is 0 Å². The summed E-state index contributed by atoms with van der Waals surface area (Å²) in [6.07, 6.45) is 2.41. The lowest BCUT2D eigenvalue weighted by Crippen LogP contribution is -2.37. The second kappa shape index (κ2) is 8.96. The maximum atomic E-state index is 11.8. The largest absolute Gasteiger partial charge is 0.455 e. The summed E-state index contributed by atoms with van der Waals surface area (Å²) in [5.41, 5.74) is 0.836. The molecule has 0 bridgehead atoms. The summed E-state index contributed by atoms with van der Waals surface area (Å²) in [6.45, 7) is 0.0863. The molecule has 0 aromatic heterocycles. The van der Waals surface area contributed by atoms with Crippen LogP contribution in [0.3, 0.4) is 0 Å². The first kappa shape index (κ1) is 16.0. The van der Waals surface area contributed by atoms with E-state index >= 15 is 0 Å². The molecule has 1 aromatic carbocycles. The molecule has 1 N–H and O–H groups in total. The van der Waals surface area contributed by atoms with Crippen LogP contribution < -0.4 is 4.84 Å². The van der Waals surface area contributed by atoms with Crippen LogP contribution in [-0.2, 0) is 20.9 Å². The summed E-state index contributed by atoms with van der Waals surface area (Å²) < 4.78 is 4.96. The Labute approximate surface area is 122 Å². The van der Waals surface area contributed by atoms with Crippen molar-refractivity contribution in [3.8, 4) is 0 Å². The van der Waals surface area contributed by atoms with Gasteiger partial charge in [-0.15, -0.1) is 0 Å². The summed E-state index contributed by atoms with van der Waals surface area (Å²) in [5.74, 6) is -0.759. The van der Waals surface area contributed by atoms with Gasteiger partial charge in [0.2, 0.25) is 0 Å². The van der Waals surface area contributed by atoms with Crippen molar-refractivity contribution in [3.63, 3.8) is 0 Å². The van der Waals surface area contributed by atoms with E-state index in [-0.39, 0.29) is 6.61 Å². The van der Waals surface area contributed by atoms with E-state index in [1.807, 2.05) is 36.6 Å². The zero-order valence-corrected chi connectivity index (χ0v) is 12.2.